The number of alkyl halides is 14. The number of carbonyl (C=O) groups excluding carboxylic acids is 1. The van der Waals surface area contributed by atoms with Crippen LogP contribution in [0.1, 0.15) is 6.92 Å². The molecule has 0 spiro atoms. The topological polar surface area (TPSA) is 66.0 Å². The number of hydrogen-bond donors (Lipinski definition) is 1. The Kier molecular flexibility index (Phi) is 10.0. The zero-order valence-corrected chi connectivity index (χ0v) is 16.7. The average Bonchev–Trinajstić information content (AvgIpc) is 2.60. The molecule has 0 aromatic carbocycles. The Hall–Kier alpha value is -1.67. The number of carbonyl (C=O) groups is 1. The van der Waals surface area contributed by atoms with Crippen molar-refractivity contribution in [3.8, 4) is 0 Å². The van der Waals surface area contributed by atoms with E-state index in [0.29, 0.717) is 0 Å². The monoisotopic (exact) mass is 543 g/mol. The zero-order chi connectivity index (χ0) is 27.4. The van der Waals surface area contributed by atoms with Gasteiger partial charge in [-0.15, -0.1) is 0 Å². The third-order valence-corrected chi connectivity index (χ3v) is 3.41. The van der Waals surface area contributed by atoms with E-state index in [1.165, 1.54) is 7.11 Å². The van der Waals surface area contributed by atoms with Crippen LogP contribution in [0.15, 0.2) is 0 Å². The van der Waals surface area contributed by atoms with Crippen LogP contribution < -0.4 is 5.32 Å². The van der Waals surface area contributed by atoms with Gasteiger partial charge in [0.2, 0.25) is 0 Å². The van der Waals surface area contributed by atoms with E-state index < -0.39 is 68.2 Å². The number of rotatable bonds is 13. The fourth-order valence-electron chi connectivity index (χ4n) is 1.62. The minimum atomic E-state index is -7.54. The van der Waals surface area contributed by atoms with Crippen molar-refractivity contribution < 1.29 is 85.2 Å². The van der Waals surface area contributed by atoms with Crippen LogP contribution in [0.3, 0.4) is 0 Å². The van der Waals surface area contributed by atoms with Crippen LogP contribution in [0.5, 0.6) is 0 Å². The maximum atomic E-state index is 14.2. The standard InChI is InChI=1S/C14H15F14NO5/c1-8(15,16)13(25,26)34-10(18,12(22,23)24)14(27,28)33-9(17,11(19,20)21)7(30)29-3-4-32-6-5-31-2/h3-6H2,1-2H3,(H,29,30). The molecule has 0 radical (unpaired) electrons. The van der Waals surface area contributed by atoms with Crippen molar-refractivity contribution >= 4 is 5.91 Å². The van der Waals surface area contributed by atoms with Crippen LogP contribution in [0.4, 0.5) is 61.5 Å². The summed E-state index contributed by atoms with van der Waals surface area (Å²) < 4.78 is 197. The van der Waals surface area contributed by atoms with Crippen molar-refractivity contribution in [1.82, 2.24) is 5.32 Å². The summed E-state index contributed by atoms with van der Waals surface area (Å²) in [4.78, 5) is 11.4. The fraction of sp³-hybridized carbons (Fsp3) is 0.929. The van der Waals surface area contributed by atoms with Crippen LogP contribution in [0.25, 0.3) is 0 Å². The highest BCUT2D eigenvalue weighted by atomic mass is 19.4. The van der Waals surface area contributed by atoms with Gasteiger partial charge in [0.15, 0.2) is 0 Å². The molecule has 20 heteroatoms. The summed E-state index contributed by atoms with van der Waals surface area (Å²) >= 11 is 0. The van der Waals surface area contributed by atoms with Gasteiger partial charge in [-0.3, -0.25) is 14.3 Å². The van der Waals surface area contributed by atoms with Crippen LogP contribution in [0.2, 0.25) is 0 Å². The largest absolute Gasteiger partial charge is 0.458 e. The van der Waals surface area contributed by atoms with Gasteiger partial charge in [0.25, 0.3) is 5.91 Å². The smallest absolute Gasteiger partial charge is 0.382 e. The van der Waals surface area contributed by atoms with Crippen LogP contribution in [-0.2, 0) is 23.7 Å². The number of amides is 1. The molecule has 1 N–H and O–H groups in total. The fourth-order valence-corrected chi connectivity index (χ4v) is 1.62. The molecule has 2 unspecified atom stereocenters. The molecular formula is C14H15F14NO5. The third kappa shape index (κ3) is 7.17. The lowest BCUT2D eigenvalue weighted by Gasteiger charge is -2.39. The van der Waals surface area contributed by atoms with E-state index in [-0.39, 0.29) is 13.2 Å². The van der Waals surface area contributed by atoms with Crippen LogP contribution in [-0.4, -0.2) is 81.6 Å². The molecule has 34 heavy (non-hydrogen) atoms. The molecule has 0 rings (SSSR count). The van der Waals surface area contributed by atoms with Crippen LogP contribution >= 0.6 is 0 Å². The van der Waals surface area contributed by atoms with Gasteiger partial charge in [-0.2, -0.15) is 61.5 Å². The summed E-state index contributed by atoms with van der Waals surface area (Å²) in [5.74, 6) is -23.2. The highest BCUT2D eigenvalue weighted by molar-refractivity contribution is 5.84. The van der Waals surface area contributed by atoms with E-state index in [4.69, 9.17) is 0 Å². The quantitative estimate of drug-likeness (QED) is 0.280. The van der Waals surface area contributed by atoms with Gasteiger partial charge in [0.1, 0.15) is 0 Å². The summed E-state index contributed by atoms with van der Waals surface area (Å²) in [6, 6.07) is 0. The van der Waals surface area contributed by atoms with E-state index in [2.05, 4.69) is 14.2 Å². The molecule has 0 aliphatic rings. The predicted octanol–water partition coefficient (Wildman–Crippen LogP) is 4.10. The second-order valence-corrected chi connectivity index (χ2v) is 6.17. The maximum absolute atomic E-state index is 14.2. The molecule has 6 nitrogen and oxygen atoms in total. The predicted molar refractivity (Wildman–Crippen MR) is 78.2 cm³/mol. The molecule has 0 saturated carbocycles. The normalized spacial score (nSPS) is 17.8. The Morgan fingerprint density at radius 3 is 1.59 bits per heavy atom. The third-order valence-electron chi connectivity index (χ3n) is 3.41. The highest BCUT2D eigenvalue weighted by Crippen LogP contribution is 2.54. The molecule has 0 aromatic heterocycles. The van der Waals surface area contributed by atoms with E-state index in [9.17, 15) is 66.3 Å². The second-order valence-electron chi connectivity index (χ2n) is 6.17. The minimum Gasteiger partial charge on any atom is -0.382 e. The Bertz CT molecular complexity index is 679. The number of ether oxygens (including phenoxy) is 4. The van der Waals surface area contributed by atoms with Crippen molar-refractivity contribution in [3.05, 3.63) is 0 Å². The van der Waals surface area contributed by atoms with Crippen molar-refractivity contribution in [2.75, 3.05) is 33.5 Å². The lowest BCUT2D eigenvalue weighted by atomic mass is 10.2. The van der Waals surface area contributed by atoms with E-state index >= 15 is 0 Å². The molecule has 0 heterocycles. The Morgan fingerprint density at radius 2 is 1.21 bits per heavy atom. The minimum absolute atomic E-state index is 0.0870. The first kappa shape index (κ1) is 32.3. The van der Waals surface area contributed by atoms with Gasteiger partial charge >= 0.3 is 42.2 Å². The average molecular weight is 543 g/mol. The van der Waals surface area contributed by atoms with Crippen molar-refractivity contribution in [1.29, 1.82) is 0 Å². The number of nitrogens with one attached hydrogen (secondary N) is 1. The second kappa shape index (κ2) is 10.5. The molecule has 204 valence electrons. The first-order valence-electron chi connectivity index (χ1n) is 8.29. The Balaban J connectivity index is 6.09. The zero-order valence-electron chi connectivity index (χ0n) is 16.7. The molecule has 0 fully saturated rings. The summed E-state index contributed by atoms with van der Waals surface area (Å²) in [7, 11) is 1.19. The maximum Gasteiger partial charge on any atom is 0.458 e. The Morgan fingerprint density at radius 1 is 0.706 bits per heavy atom. The summed E-state index contributed by atoms with van der Waals surface area (Å²) in [5, 5.41) is 0.921. The first-order chi connectivity index (χ1) is 14.9. The molecule has 0 aromatic rings. The van der Waals surface area contributed by atoms with E-state index in [1.807, 2.05) is 4.74 Å². The molecule has 0 aliphatic heterocycles. The van der Waals surface area contributed by atoms with Gasteiger partial charge in [-0.05, 0) is 0 Å². The SMILES string of the molecule is COCCOCCNC(=O)C(F)(OC(F)(F)C(F)(OC(F)(F)C(C)(F)F)C(F)(F)F)C(F)(F)F. The first-order valence-corrected chi connectivity index (χ1v) is 8.29. The van der Waals surface area contributed by atoms with Gasteiger partial charge in [0.05, 0.1) is 19.8 Å². The Labute approximate surface area is 180 Å². The lowest BCUT2D eigenvalue weighted by molar-refractivity contribution is -0.537. The molecule has 2 atom stereocenters. The van der Waals surface area contributed by atoms with Gasteiger partial charge in [0, 0.05) is 20.6 Å². The van der Waals surface area contributed by atoms with E-state index in [0.717, 1.165) is 5.32 Å². The number of hydrogen-bond acceptors (Lipinski definition) is 5. The summed E-state index contributed by atoms with van der Waals surface area (Å²) in [5.41, 5.74) is 0. The highest BCUT2D eigenvalue weighted by Gasteiger charge is 2.82. The molecule has 1 amide bonds. The van der Waals surface area contributed by atoms with Gasteiger partial charge in [-0.25, -0.2) is 0 Å². The van der Waals surface area contributed by atoms with Crippen molar-refractivity contribution in [2.24, 2.45) is 0 Å². The van der Waals surface area contributed by atoms with Crippen molar-refractivity contribution in [3.63, 3.8) is 0 Å². The summed E-state index contributed by atoms with van der Waals surface area (Å²) in [6.07, 6.45) is -28.8. The van der Waals surface area contributed by atoms with Crippen molar-refractivity contribution in [2.45, 2.75) is 49.1 Å². The van der Waals surface area contributed by atoms with E-state index in [1.54, 1.807) is 0 Å². The molecule has 0 bridgehead atoms. The van der Waals surface area contributed by atoms with Gasteiger partial charge < -0.3 is 14.8 Å². The number of halogens is 14. The number of methoxy groups -OCH3 is 1. The van der Waals surface area contributed by atoms with Gasteiger partial charge in [-0.1, -0.05) is 0 Å². The summed E-state index contributed by atoms with van der Waals surface area (Å²) in [6.45, 7) is -3.12. The van der Waals surface area contributed by atoms with Crippen LogP contribution in [0, 0.1) is 0 Å². The lowest BCUT2D eigenvalue weighted by Crippen LogP contribution is -2.67. The molecule has 0 saturated heterocycles. The molecular weight excluding hydrogens is 528 g/mol. The molecule has 0 aliphatic carbocycles.